The summed E-state index contributed by atoms with van der Waals surface area (Å²) in [6.07, 6.45) is -4.48. The fourth-order valence-electron chi connectivity index (χ4n) is 3.26. The quantitative estimate of drug-likeness (QED) is 0.155. The molecule has 2 rings (SSSR count). The zero-order valence-corrected chi connectivity index (χ0v) is 19.4. The van der Waals surface area contributed by atoms with Gasteiger partial charge in [0, 0.05) is 17.8 Å². The number of H-pyrrole nitrogens is 1. The predicted molar refractivity (Wildman–Crippen MR) is 125 cm³/mol. The van der Waals surface area contributed by atoms with Crippen LogP contribution >= 0.6 is 11.8 Å². The van der Waals surface area contributed by atoms with E-state index in [2.05, 4.69) is 10.3 Å². The largest absolute Gasteiger partial charge is 0.394 e. The number of nitro groups is 2. The van der Waals surface area contributed by atoms with Gasteiger partial charge in [-0.3, -0.25) is 34.6 Å². The second-order valence-corrected chi connectivity index (χ2v) is 8.84. The van der Waals surface area contributed by atoms with Crippen LogP contribution in [0.5, 0.6) is 0 Å². The van der Waals surface area contributed by atoms with Crippen LogP contribution in [0, 0.1) is 27.2 Å². The van der Waals surface area contributed by atoms with Crippen molar-refractivity contribution in [3.8, 4) is 0 Å². The van der Waals surface area contributed by atoms with Crippen LogP contribution in [0.1, 0.15) is 17.9 Å². The van der Waals surface area contributed by atoms with Crippen molar-refractivity contribution >= 4 is 28.8 Å². The van der Waals surface area contributed by atoms with Crippen LogP contribution in [0.25, 0.3) is 0 Å². The molecule has 0 saturated heterocycles. The molecule has 1 aromatic carbocycles. The topological polar surface area (TPSA) is 234 Å². The highest BCUT2D eigenvalue weighted by Crippen LogP contribution is 2.35. The Labute approximate surface area is 201 Å². The minimum Gasteiger partial charge on any atom is -0.394 e. The molecule has 1 heterocycles. The lowest BCUT2D eigenvalue weighted by Crippen LogP contribution is -2.52. The Morgan fingerprint density at radius 1 is 1.14 bits per heavy atom. The van der Waals surface area contributed by atoms with Gasteiger partial charge in [-0.2, -0.15) is 0 Å². The fourth-order valence-corrected chi connectivity index (χ4v) is 4.36. The molecule has 15 nitrogen and oxygen atoms in total. The van der Waals surface area contributed by atoms with Gasteiger partial charge >= 0.3 is 5.69 Å². The number of aromatic nitrogens is 2. The van der Waals surface area contributed by atoms with Crippen LogP contribution in [0.4, 0.5) is 17.1 Å². The number of non-ortho nitro benzene ring substituents is 1. The molecule has 0 aliphatic rings. The van der Waals surface area contributed by atoms with Crippen LogP contribution < -0.4 is 16.6 Å². The average molecular weight is 516 g/mol. The first-order valence-corrected chi connectivity index (χ1v) is 11.3. The second-order valence-electron chi connectivity index (χ2n) is 7.44. The molecule has 0 saturated carbocycles. The second kappa shape index (κ2) is 11.9. The third-order valence-electron chi connectivity index (χ3n) is 5.07. The summed E-state index contributed by atoms with van der Waals surface area (Å²) in [5.41, 5.74) is -2.97. The summed E-state index contributed by atoms with van der Waals surface area (Å²) in [5.74, 6) is 0.335. The summed E-state index contributed by atoms with van der Waals surface area (Å²) in [7, 11) is 0. The molecule has 6 N–H and O–H groups in total. The van der Waals surface area contributed by atoms with Gasteiger partial charge in [0.25, 0.3) is 16.9 Å². The molecule has 2 aromatic rings. The van der Waals surface area contributed by atoms with E-state index in [0.29, 0.717) is 11.8 Å². The molecular weight excluding hydrogens is 490 g/mol. The number of nitrogens with zero attached hydrogens (tertiary/aromatic N) is 3. The summed E-state index contributed by atoms with van der Waals surface area (Å²) in [4.78, 5) is 47.5. The Hall–Kier alpha value is -3.31. The zero-order valence-electron chi connectivity index (χ0n) is 18.6. The Bertz CT molecular complexity index is 1190. The maximum Gasteiger partial charge on any atom is 0.329 e. The third kappa shape index (κ3) is 6.43. The Morgan fingerprint density at radius 3 is 2.34 bits per heavy atom. The van der Waals surface area contributed by atoms with Gasteiger partial charge in [-0.15, -0.1) is 11.8 Å². The van der Waals surface area contributed by atoms with Crippen molar-refractivity contribution in [2.24, 2.45) is 0 Å². The summed E-state index contributed by atoms with van der Waals surface area (Å²) in [6, 6.07) is 1.26. The van der Waals surface area contributed by atoms with E-state index >= 15 is 0 Å². The first kappa shape index (κ1) is 27.9. The Morgan fingerprint density at radius 2 is 1.80 bits per heavy atom. The average Bonchev–Trinajstić information content (AvgIpc) is 2.82. The maximum absolute atomic E-state index is 12.6. The summed E-state index contributed by atoms with van der Waals surface area (Å²) < 4.78 is 1.04. The number of aromatic amines is 1. The first-order valence-electron chi connectivity index (χ1n) is 10.2. The van der Waals surface area contributed by atoms with Gasteiger partial charge in [-0.1, -0.05) is 6.92 Å². The number of anilines is 1. The summed E-state index contributed by atoms with van der Waals surface area (Å²) >= 11 is 1.06. The maximum atomic E-state index is 12.6. The highest BCUT2D eigenvalue weighted by molar-refractivity contribution is 7.99. The van der Waals surface area contributed by atoms with E-state index < -0.39 is 68.8 Å². The van der Waals surface area contributed by atoms with E-state index in [-0.39, 0.29) is 11.3 Å². The number of hydrogen-bond acceptors (Lipinski definition) is 12. The molecule has 192 valence electrons. The molecule has 0 aliphatic carbocycles. The lowest BCUT2D eigenvalue weighted by molar-refractivity contribution is -0.393. The highest BCUT2D eigenvalue weighted by atomic mass is 32.2. The minimum absolute atomic E-state index is 0.136. The van der Waals surface area contributed by atoms with Crippen molar-refractivity contribution in [3.05, 3.63) is 71.0 Å². The number of nitro benzene ring substituents is 2. The third-order valence-corrected chi connectivity index (χ3v) is 6.27. The Kier molecular flexibility index (Phi) is 9.49. The van der Waals surface area contributed by atoms with Crippen LogP contribution in [0.2, 0.25) is 0 Å². The van der Waals surface area contributed by atoms with Crippen molar-refractivity contribution in [1.29, 1.82) is 0 Å². The summed E-state index contributed by atoms with van der Waals surface area (Å²) in [5, 5.41) is 64.6. The molecule has 0 spiro atoms. The van der Waals surface area contributed by atoms with Crippen LogP contribution in [-0.4, -0.2) is 76.5 Å². The number of aliphatic hydroxyl groups is 4. The first-order chi connectivity index (χ1) is 16.4. The van der Waals surface area contributed by atoms with Crippen LogP contribution in [0.15, 0.2) is 34.0 Å². The number of thioether (sulfide) groups is 1. The number of rotatable bonds is 12. The van der Waals surface area contributed by atoms with E-state index in [9.17, 15) is 50.2 Å². The van der Waals surface area contributed by atoms with E-state index in [1.54, 1.807) is 6.92 Å². The number of benzene rings is 1. The van der Waals surface area contributed by atoms with Gasteiger partial charge < -0.3 is 25.7 Å². The number of aliphatic hydroxyl groups excluding tert-OH is 4. The van der Waals surface area contributed by atoms with Crippen molar-refractivity contribution < 1.29 is 30.3 Å². The monoisotopic (exact) mass is 515 g/mol. The smallest absolute Gasteiger partial charge is 0.329 e. The molecule has 0 fully saturated rings. The van der Waals surface area contributed by atoms with E-state index in [4.69, 9.17) is 0 Å². The fraction of sp³-hybridized carbons (Fsp3) is 0.474. The number of nitrogens with one attached hydrogen (secondary N) is 2. The van der Waals surface area contributed by atoms with Gasteiger partial charge in [0.1, 0.15) is 29.4 Å². The standard InChI is InChI=1S/C19H25N5O10S/c1-3-35-18(22-7-9(2)17(29)21-19(22)30)14(16(28)15(27)13(26)8-25)20-11-5-4-10(23(31)32)6-12(11)24(33)34/h4-7,13-16,18,20,25-28H,3,8H2,1-2H3,(H,21,29,30)/t13-,14-,15-,16+,18-/m1/s1. The molecule has 16 heteroatoms. The van der Waals surface area contributed by atoms with Gasteiger partial charge in [0.2, 0.25) is 0 Å². The Balaban J connectivity index is 2.70. The molecular formula is C19H25N5O10S. The van der Waals surface area contributed by atoms with Gasteiger partial charge in [-0.25, -0.2) is 4.79 Å². The van der Waals surface area contributed by atoms with Crippen molar-refractivity contribution in [2.75, 3.05) is 17.7 Å². The molecule has 0 aliphatic heterocycles. The molecule has 0 bridgehead atoms. The highest BCUT2D eigenvalue weighted by Gasteiger charge is 2.39. The van der Waals surface area contributed by atoms with E-state index in [1.807, 2.05) is 0 Å². The van der Waals surface area contributed by atoms with Crippen molar-refractivity contribution in [3.63, 3.8) is 0 Å². The molecule has 0 radical (unpaired) electrons. The lowest BCUT2D eigenvalue weighted by Gasteiger charge is -2.35. The number of aryl methyl sites for hydroxylation is 1. The molecule has 35 heavy (non-hydrogen) atoms. The SMILES string of the molecule is CCS[C@H]([C@H](Nc1ccc([N+](=O)[O-])cc1[N+](=O)[O-])[C@H](O)[C@H](O)[C@H](O)CO)n1cc(C)c(=O)[nH]c1=O. The minimum atomic E-state index is -1.96. The van der Waals surface area contributed by atoms with Crippen molar-refractivity contribution in [2.45, 2.75) is 43.6 Å². The molecule has 1 aromatic heterocycles. The van der Waals surface area contributed by atoms with Gasteiger partial charge in [0.15, 0.2) is 0 Å². The summed E-state index contributed by atoms with van der Waals surface area (Å²) in [6.45, 7) is 2.21. The van der Waals surface area contributed by atoms with Crippen molar-refractivity contribution in [1.82, 2.24) is 9.55 Å². The van der Waals surface area contributed by atoms with E-state index in [1.165, 1.54) is 13.1 Å². The van der Waals surface area contributed by atoms with Crippen LogP contribution in [-0.2, 0) is 0 Å². The lowest BCUT2D eigenvalue weighted by atomic mass is 10.00. The van der Waals surface area contributed by atoms with E-state index in [0.717, 1.165) is 28.5 Å². The number of hydrogen-bond donors (Lipinski definition) is 6. The van der Waals surface area contributed by atoms with Crippen LogP contribution in [0.3, 0.4) is 0 Å². The zero-order chi connectivity index (χ0) is 26.4. The van der Waals surface area contributed by atoms with Gasteiger partial charge in [0.05, 0.1) is 28.6 Å². The molecule has 5 atom stereocenters. The normalized spacial score (nSPS) is 15.6. The predicted octanol–water partition coefficient (Wildman–Crippen LogP) is -0.531. The molecule has 0 unspecified atom stereocenters. The van der Waals surface area contributed by atoms with Gasteiger partial charge in [-0.05, 0) is 18.7 Å². The molecule has 0 amide bonds.